The average molecular weight is 2090 g/mol. The van der Waals surface area contributed by atoms with Crippen LogP contribution >= 0.6 is 70.6 Å². The number of anilines is 6. The van der Waals surface area contributed by atoms with Crippen LogP contribution in [0.1, 0.15) is 100 Å². The fourth-order valence-corrected chi connectivity index (χ4v) is 27.1. The van der Waals surface area contributed by atoms with E-state index in [-0.39, 0.29) is 29.3 Å². The van der Waals surface area contributed by atoms with Crippen LogP contribution in [0.3, 0.4) is 0 Å². The lowest BCUT2D eigenvalue weighted by molar-refractivity contribution is 0.0851. The number of aromatic nitrogens is 6. The van der Waals surface area contributed by atoms with Crippen molar-refractivity contribution in [3.05, 3.63) is 304 Å². The van der Waals surface area contributed by atoms with E-state index >= 15 is 0 Å². The van der Waals surface area contributed by atoms with Crippen LogP contribution in [0.25, 0.3) is 33.8 Å². The van der Waals surface area contributed by atoms with Crippen molar-refractivity contribution in [2.24, 2.45) is 17.8 Å². The third kappa shape index (κ3) is 25.8. The maximum Gasteiger partial charge on any atom is 0.250 e. The van der Waals surface area contributed by atoms with Crippen molar-refractivity contribution < 1.29 is 38.0 Å². The molecule has 23 rings (SSSR count). The van der Waals surface area contributed by atoms with Gasteiger partial charge in [0, 0.05) is 192 Å². The number of piperidine rings is 3. The minimum absolute atomic E-state index is 0.0802. The van der Waals surface area contributed by atoms with E-state index in [1.807, 2.05) is 122 Å². The number of pyridine rings is 6. The van der Waals surface area contributed by atoms with E-state index in [4.69, 9.17) is 58.8 Å². The summed E-state index contributed by atoms with van der Waals surface area (Å²) in [5, 5.41) is 7.83. The molecule has 0 saturated carbocycles. The Bertz CT molecular complexity index is 7000. The number of aryl methyl sites for hydroxylation is 3. The van der Waals surface area contributed by atoms with Gasteiger partial charge in [-0.1, -0.05) is 149 Å². The summed E-state index contributed by atoms with van der Waals surface area (Å²) in [7, 11) is 9.88. The third-order valence-electron chi connectivity index (χ3n) is 28.4. The SMILES string of the molecule is COc1ccc(COc2cc(N3CCOCC3)cc(-c3cccc4c3Sc3ccc(N)cc3S4)n2)cc1.COc1ccc(COc2cc(N3CCOCC3)cc(-c3cccc4c3Sc3ccc(NC(c5ccc(C)cn5)C5CCN(C)CC5)cc3S4)n2)cc1.Cc1ccc(C(=O)C2CCN(C)CC2)nc1.Cc1ccc(C(Nc2ccc3c(c2)Sc2cccc(-c4cc(N5CCOCC5)cc(=O)[nH]4)c2S3)C2CCN(C)CC2)nc1. The number of nitrogens with two attached hydrogens (primary N) is 1. The molecule has 6 fully saturated rings. The Morgan fingerprint density at radius 1 is 0.405 bits per heavy atom. The van der Waals surface area contributed by atoms with Crippen LogP contribution in [0.4, 0.5) is 34.1 Å². The van der Waals surface area contributed by atoms with Gasteiger partial charge in [0.2, 0.25) is 17.3 Å². The van der Waals surface area contributed by atoms with Gasteiger partial charge < -0.3 is 83.9 Å². The van der Waals surface area contributed by atoms with Gasteiger partial charge >= 0.3 is 0 Å². The summed E-state index contributed by atoms with van der Waals surface area (Å²) < 4.78 is 40.0. The molecule has 9 aliphatic rings. The summed E-state index contributed by atoms with van der Waals surface area (Å²) in [4.78, 5) is 80.7. The molecule has 5 N–H and O–H groups in total. The quantitative estimate of drug-likeness (QED) is 0.0324. The molecule has 0 amide bonds. The number of carbonyl (C=O) groups excluding carboxylic acids is 1. The number of nitrogen functional groups attached to an aromatic ring is 1. The normalized spacial score (nSPS) is 16.9. The monoisotopic (exact) mass is 2090 g/mol. The number of carbonyl (C=O) groups is 1. The minimum atomic E-state index is -0.0802. The molecule has 24 nitrogen and oxygen atoms in total. The summed E-state index contributed by atoms with van der Waals surface area (Å²) in [6.07, 6.45) is 12.3. The summed E-state index contributed by atoms with van der Waals surface area (Å²) in [5.41, 5.74) is 26.5. The predicted molar refractivity (Wildman–Crippen MR) is 599 cm³/mol. The zero-order chi connectivity index (χ0) is 102. The molecule has 0 aliphatic carbocycles. The van der Waals surface area contributed by atoms with Crippen molar-refractivity contribution in [1.29, 1.82) is 0 Å². The van der Waals surface area contributed by atoms with E-state index in [9.17, 15) is 9.59 Å². The number of ketones is 1. The predicted octanol–water partition coefficient (Wildman–Crippen LogP) is 24.0. The smallest absolute Gasteiger partial charge is 0.250 e. The molecular weight excluding hydrogens is 1960 g/mol. The number of hydrogen-bond donors (Lipinski definition) is 4. The van der Waals surface area contributed by atoms with Crippen LogP contribution in [0.15, 0.2) is 313 Å². The molecule has 6 saturated heterocycles. The number of fused-ring (bicyclic) bond motifs is 6. The fourth-order valence-electron chi connectivity index (χ4n) is 19.8. The van der Waals surface area contributed by atoms with Crippen molar-refractivity contribution in [1.82, 2.24) is 44.6 Å². The fraction of sp³-hybridized carbons (Fsp3) is 0.331. The van der Waals surface area contributed by atoms with Crippen molar-refractivity contribution in [3.8, 4) is 57.0 Å². The maximum absolute atomic E-state index is 12.7. The zero-order valence-corrected chi connectivity index (χ0v) is 90.0. The largest absolute Gasteiger partial charge is 0.497 e. The number of morpholine rings is 3. The highest BCUT2D eigenvalue weighted by molar-refractivity contribution is 8.06. The first-order chi connectivity index (χ1) is 72.3. The van der Waals surface area contributed by atoms with Gasteiger partial charge in [-0.25, -0.2) is 9.97 Å². The highest BCUT2D eigenvalue weighted by Gasteiger charge is 2.35. The van der Waals surface area contributed by atoms with Gasteiger partial charge in [0.1, 0.15) is 30.4 Å². The summed E-state index contributed by atoms with van der Waals surface area (Å²) in [6, 6.07) is 80.0. The maximum atomic E-state index is 12.7. The van der Waals surface area contributed by atoms with Gasteiger partial charge in [-0.05, 0) is 293 Å². The molecule has 6 aromatic heterocycles. The number of nitrogens with one attached hydrogen (secondary N) is 3. The van der Waals surface area contributed by atoms with E-state index < -0.39 is 0 Å². The summed E-state index contributed by atoms with van der Waals surface area (Å²) >= 11 is 10.8. The van der Waals surface area contributed by atoms with Crippen LogP contribution in [0, 0.1) is 38.5 Å². The number of H-pyrrole nitrogens is 1. The lowest BCUT2D eigenvalue weighted by Gasteiger charge is -2.35. The van der Waals surface area contributed by atoms with Crippen molar-refractivity contribution in [2.45, 2.75) is 143 Å². The Kier molecular flexibility index (Phi) is 34.0. The average Bonchev–Trinajstić information content (AvgIpc) is 0.771. The van der Waals surface area contributed by atoms with Crippen LogP contribution in [0.5, 0.6) is 23.3 Å². The van der Waals surface area contributed by atoms with Gasteiger partial charge in [-0.15, -0.1) is 0 Å². The highest BCUT2D eigenvalue weighted by Crippen LogP contribution is 2.57. The molecule has 30 heteroatoms. The summed E-state index contributed by atoms with van der Waals surface area (Å²) in [5.74, 6) is 4.31. The molecule has 15 heterocycles. The molecule has 14 aromatic rings. The van der Waals surface area contributed by atoms with Crippen LogP contribution < -0.4 is 55.6 Å². The number of Topliss-reactive ketones (excluding diaryl/α,β-unsaturated/α-hetero) is 1. The van der Waals surface area contributed by atoms with E-state index in [0.717, 1.165) is 225 Å². The second kappa shape index (κ2) is 48.7. The molecule has 0 spiro atoms. The van der Waals surface area contributed by atoms with Crippen molar-refractivity contribution in [3.63, 3.8) is 0 Å². The second-order valence-electron chi connectivity index (χ2n) is 39.0. The number of likely N-dealkylation sites (tertiary alicyclic amines) is 3. The van der Waals surface area contributed by atoms with Gasteiger partial charge in [-0.2, -0.15) is 0 Å². The topological polar surface area (TPSA) is 249 Å². The van der Waals surface area contributed by atoms with Crippen molar-refractivity contribution in [2.75, 3.05) is 185 Å². The van der Waals surface area contributed by atoms with Crippen LogP contribution in [0.2, 0.25) is 0 Å². The molecule has 8 aromatic carbocycles. The standard InChI is InChI=1S/C42H45N5O3S2.C34H37N5O2S2.C29H27N3O3S2.C13H18N2O/c1-28-7-13-35(43-26-28)41(30-15-17-46(2)18-16-30)44-31-10-14-37-39(23-31)51-38-6-4-5-34(42(38)52-37)36-24-32(47-19-21-49-22-20-47)25-40(45-36)50-27-29-8-11-33(48-3)12-9-29;1-22-6-8-27(35-21-22)33(23-10-12-38(2)13-11-23)36-24-7-9-29-31(18-24)42-30-5-3-4-26(34(30)43-29)28-19-25(20-32(40)37-28)39-14-16-41-17-15-39;1-33-22-8-5-19(6-9-22)18-35-28-17-21(32-11-13-34-14-12-32)16-24(31-28)23-3-2-4-26-29(23)37-25-10-7-20(30)15-27(25)36-26;1-10-3-4-12(14-9-10)13(16)11-5-7-15(2)8-6-11/h4-14,23-26,30,41,44H,15-22,27H2,1-3H3;3-9,18-21,23,33,36H,10-17H2,1-2H3,(H,37,40);2-10,15-17H,11-14,18,30H2,1H3;3-4,9,11H,5-8H2,1-2H3. The molecule has 2 atom stereocenters. The Labute approximate surface area is 893 Å². The van der Waals surface area contributed by atoms with Gasteiger partial charge in [0.05, 0.1) is 94.4 Å². The van der Waals surface area contributed by atoms with Gasteiger partial charge in [0.15, 0.2) is 5.78 Å². The van der Waals surface area contributed by atoms with E-state index in [1.54, 1.807) is 73.5 Å². The molecule has 0 bridgehead atoms. The van der Waals surface area contributed by atoms with Gasteiger partial charge in [-0.3, -0.25) is 24.5 Å². The highest BCUT2D eigenvalue weighted by atomic mass is 32.2. The lowest BCUT2D eigenvalue weighted by Crippen LogP contribution is -2.36. The third-order valence-corrected chi connectivity index (χ3v) is 36.2. The molecule has 148 heavy (non-hydrogen) atoms. The Morgan fingerprint density at radius 2 is 0.797 bits per heavy atom. The number of methoxy groups -OCH3 is 2. The zero-order valence-electron chi connectivity index (χ0n) is 85.1. The lowest BCUT2D eigenvalue weighted by atomic mass is 9.87. The molecule has 0 radical (unpaired) electrons. The summed E-state index contributed by atoms with van der Waals surface area (Å²) in [6.45, 7) is 22.7. The van der Waals surface area contributed by atoms with Crippen molar-refractivity contribution >= 4 is 110 Å². The molecular formula is C118H127N15O9S6. The number of ether oxygens (including phenoxy) is 7. The number of hydrogen-bond acceptors (Lipinski definition) is 29. The Balaban J connectivity index is 0.000000126. The molecule has 764 valence electrons. The Hall–Kier alpha value is -12.0. The Morgan fingerprint density at radius 3 is 1.21 bits per heavy atom. The number of aromatic amines is 1. The number of benzene rings is 8. The van der Waals surface area contributed by atoms with E-state index in [2.05, 4.69) is 231 Å². The second-order valence-corrected chi connectivity index (χ2v) is 45.4. The van der Waals surface area contributed by atoms with E-state index in [0.29, 0.717) is 82.1 Å². The molecule has 9 aliphatic heterocycles. The van der Waals surface area contributed by atoms with Crippen LogP contribution in [-0.2, 0) is 27.4 Å². The first kappa shape index (κ1) is 103. The first-order valence-corrected chi connectivity index (χ1v) is 56.1. The number of nitrogens with zero attached hydrogens (tertiary/aromatic N) is 11. The van der Waals surface area contributed by atoms with E-state index in [1.165, 1.54) is 69.9 Å². The van der Waals surface area contributed by atoms with Crippen LogP contribution in [-0.4, -0.2) is 204 Å². The number of rotatable bonds is 24. The molecule has 2 unspecified atom stereocenters. The van der Waals surface area contributed by atoms with Gasteiger partial charge in [0.25, 0.3) is 0 Å². The minimum Gasteiger partial charge on any atom is -0.497 e. The first-order valence-electron chi connectivity index (χ1n) is 51.2.